The van der Waals surface area contributed by atoms with Crippen molar-refractivity contribution in [3.05, 3.63) is 35.7 Å². The molecule has 2 aromatic rings. The molecule has 0 aliphatic carbocycles. The molecule has 62 heavy (non-hydrogen) atoms. The van der Waals surface area contributed by atoms with Crippen molar-refractivity contribution in [3.63, 3.8) is 0 Å². The molecule has 4 bridgehead atoms. The number of aromatic nitrogens is 2. The number of aliphatic hydroxyl groups is 1. The van der Waals surface area contributed by atoms with E-state index >= 15 is 0 Å². The Balaban J connectivity index is 1.27. The third-order valence-corrected chi connectivity index (χ3v) is 13.7. The zero-order valence-electron chi connectivity index (χ0n) is 38.1. The number of hydrogen-bond donors (Lipinski definition) is 1. The maximum Gasteiger partial charge on any atom is 0.410 e. The zero-order valence-corrected chi connectivity index (χ0v) is 38.1. The number of esters is 1. The Bertz CT molecular complexity index is 1960. The lowest BCUT2D eigenvalue weighted by Gasteiger charge is -2.48. The van der Waals surface area contributed by atoms with Gasteiger partial charge in [-0.2, -0.15) is 0 Å². The van der Waals surface area contributed by atoms with Crippen LogP contribution < -0.4 is 0 Å². The normalized spacial score (nSPS) is 39.0. The minimum Gasteiger partial charge on any atom is -0.458 e. The third kappa shape index (κ3) is 9.16. The van der Waals surface area contributed by atoms with E-state index in [4.69, 9.17) is 42.7 Å². The van der Waals surface area contributed by atoms with Gasteiger partial charge in [0.05, 0.1) is 55.6 Å². The van der Waals surface area contributed by atoms with E-state index in [9.17, 15) is 14.7 Å². The monoisotopic (exact) mass is 866 g/mol. The molecule has 0 spiro atoms. The molecule has 1 N–H and O–H groups in total. The predicted octanol–water partition coefficient (Wildman–Crippen LogP) is 5.21. The molecule has 1 aromatic carbocycles. The molecule has 0 radical (unpaired) electrons. The predicted molar refractivity (Wildman–Crippen MR) is 227 cm³/mol. The van der Waals surface area contributed by atoms with Crippen LogP contribution in [0, 0.1) is 30.6 Å². The number of oxime groups is 1. The van der Waals surface area contributed by atoms with Crippen molar-refractivity contribution in [2.24, 2.45) is 33.8 Å². The number of nitrogens with zero attached hydrogens (tertiary/aromatic N) is 6. The van der Waals surface area contributed by atoms with Gasteiger partial charge < -0.3 is 47.7 Å². The Labute approximate surface area is 364 Å². The van der Waals surface area contributed by atoms with Crippen LogP contribution in [-0.4, -0.2) is 149 Å². The molecule has 0 saturated carbocycles. The number of benzene rings is 1. The Kier molecular flexibility index (Phi) is 13.8. The molecule has 5 aliphatic heterocycles. The van der Waals surface area contributed by atoms with E-state index in [1.807, 2.05) is 84.8 Å². The number of fused-ring (bicyclic) bond motifs is 4. The highest BCUT2D eigenvalue weighted by Crippen LogP contribution is 2.45. The smallest absolute Gasteiger partial charge is 0.410 e. The van der Waals surface area contributed by atoms with Crippen LogP contribution in [0.15, 0.2) is 38.8 Å². The summed E-state index contributed by atoms with van der Waals surface area (Å²) in [7, 11) is 3.86. The highest BCUT2D eigenvalue weighted by Gasteiger charge is 2.60. The number of aliphatic hydroxyl groups excluding tert-OH is 1. The third-order valence-electron chi connectivity index (χ3n) is 13.7. The van der Waals surface area contributed by atoms with Crippen molar-refractivity contribution >= 4 is 23.5 Å². The van der Waals surface area contributed by atoms with E-state index in [1.165, 1.54) is 0 Å². The molecule has 4 saturated heterocycles. The lowest BCUT2D eigenvalue weighted by molar-refractivity contribution is -0.302. The maximum atomic E-state index is 14.6. The molecule has 342 valence electrons. The van der Waals surface area contributed by atoms with Crippen LogP contribution in [0.3, 0.4) is 0 Å². The van der Waals surface area contributed by atoms with Gasteiger partial charge in [0, 0.05) is 35.7 Å². The van der Waals surface area contributed by atoms with E-state index < -0.39 is 71.8 Å². The first-order valence-corrected chi connectivity index (χ1v) is 22.2. The van der Waals surface area contributed by atoms with Crippen LogP contribution in [0.1, 0.15) is 86.1 Å². The first-order chi connectivity index (χ1) is 29.4. The van der Waals surface area contributed by atoms with E-state index in [-0.39, 0.29) is 49.7 Å². The Morgan fingerprint density at radius 3 is 2.48 bits per heavy atom. The quantitative estimate of drug-likeness (QED) is 0.269. The van der Waals surface area contributed by atoms with Gasteiger partial charge in [0.1, 0.15) is 17.9 Å². The number of carbonyl (C=O) groups excluding carboxylic acids is 2. The summed E-state index contributed by atoms with van der Waals surface area (Å²) in [5.41, 5.74) is 0.933. The van der Waals surface area contributed by atoms with Crippen molar-refractivity contribution in [2.45, 2.75) is 148 Å². The van der Waals surface area contributed by atoms with Crippen LogP contribution in [0.25, 0.3) is 11.5 Å². The molecule has 5 aliphatic rings. The maximum absolute atomic E-state index is 14.6. The average Bonchev–Trinajstić information content (AvgIpc) is 3.75. The van der Waals surface area contributed by atoms with E-state index in [1.54, 1.807) is 11.8 Å². The summed E-state index contributed by atoms with van der Waals surface area (Å²) in [4.78, 5) is 42.8. The van der Waals surface area contributed by atoms with Crippen molar-refractivity contribution in [1.82, 2.24) is 20.0 Å². The molecule has 17 heteroatoms. The minimum absolute atomic E-state index is 0.0264. The van der Waals surface area contributed by atoms with Crippen LogP contribution in [-0.2, 0) is 44.7 Å². The SMILES string of the molecule is CC[C@H]1OC(=O)[C@@H](C)[C@H]2OCC(=NOCc3nnc(-c4ccc(C)cc4)o3)CO[C@](C)(C[C@@H](C)C3=NCCN4C(=O)O[C@@]1(C)[C@H]4[C@H]3C)[C@H](O[C@H]1O[C@@H](C)C[C@@H](N(C)C)[C@@H]1O)[C@H]2C. The number of rotatable bonds is 8. The number of cyclic esters (lactones) is 1. The number of aliphatic imine (C=N–C) groups is 1. The first-order valence-electron chi connectivity index (χ1n) is 22.2. The second-order valence-corrected chi connectivity index (χ2v) is 18.7. The molecule has 1 aromatic heterocycles. The van der Waals surface area contributed by atoms with Crippen LogP contribution in [0.2, 0.25) is 0 Å². The number of hydrogen-bond acceptors (Lipinski definition) is 16. The van der Waals surface area contributed by atoms with E-state index in [0.29, 0.717) is 44.0 Å². The van der Waals surface area contributed by atoms with Crippen molar-refractivity contribution in [2.75, 3.05) is 40.4 Å². The van der Waals surface area contributed by atoms with Crippen LogP contribution >= 0.6 is 0 Å². The molecular formula is C45H66N6O11. The molecular weight excluding hydrogens is 801 g/mol. The second kappa shape index (κ2) is 18.6. The first kappa shape index (κ1) is 46.0. The van der Waals surface area contributed by atoms with Crippen LogP contribution in [0.5, 0.6) is 0 Å². The van der Waals surface area contributed by atoms with Gasteiger partial charge in [-0.3, -0.25) is 14.7 Å². The van der Waals surface area contributed by atoms with E-state index in [2.05, 4.69) is 29.2 Å². The van der Waals surface area contributed by atoms with Gasteiger partial charge in [0.2, 0.25) is 5.89 Å². The van der Waals surface area contributed by atoms with Crippen molar-refractivity contribution in [3.8, 4) is 11.5 Å². The number of likely N-dealkylation sites (N-methyl/N-ethyl adjacent to an activating group) is 1. The summed E-state index contributed by atoms with van der Waals surface area (Å²) in [5.74, 6) is -1.77. The highest BCUT2D eigenvalue weighted by molar-refractivity contribution is 5.91. The summed E-state index contributed by atoms with van der Waals surface area (Å²) in [6.45, 7) is 18.3. The van der Waals surface area contributed by atoms with Gasteiger partial charge in [-0.05, 0) is 86.0 Å². The van der Waals surface area contributed by atoms with Gasteiger partial charge in [0.25, 0.3) is 5.89 Å². The summed E-state index contributed by atoms with van der Waals surface area (Å²) in [6, 6.07) is 7.09. The second-order valence-electron chi connectivity index (χ2n) is 18.7. The number of amides is 1. The Morgan fingerprint density at radius 1 is 1.03 bits per heavy atom. The number of ether oxygens (including phenoxy) is 6. The zero-order chi connectivity index (χ0) is 44.7. The van der Waals surface area contributed by atoms with Gasteiger partial charge in [-0.15, -0.1) is 10.2 Å². The average molecular weight is 867 g/mol. The van der Waals surface area contributed by atoms with Crippen LogP contribution in [0.4, 0.5) is 4.79 Å². The standard InChI is InChI=1S/C45H66N6O11/c1-12-33-45(9)38-27(5)35(46-17-18-51(38)43(54)62-45)25(3)20-44(8)39(61-42-36(52)32(50(10)11)19-26(4)58-42)28(6)37(29(7)41(53)59-33)55-21-31(22-56-44)49-57-23-34-47-48-40(60-34)30-15-13-24(2)14-16-30/h13-16,25-29,32-33,36-39,42,52H,12,17-23H2,1-11H3/t25-,26+,27+,28+,29+,32-,33-,36+,37+,38-,39-,42-,44-,45-/m1/s1. The lowest BCUT2D eigenvalue weighted by atomic mass is 9.72. The van der Waals surface area contributed by atoms with Gasteiger partial charge in [-0.1, -0.05) is 50.5 Å². The number of aryl methyl sites for hydroxylation is 1. The van der Waals surface area contributed by atoms with Crippen molar-refractivity contribution in [1.29, 1.82) is 0 Å². The fourth-order valence-corrected chi connectivity index (χ4v) is 10.5. The Hall–Kier alpha value is -4.00. The highest BCUT2D eigenvalue weighted by atomic mass is 16.7. The molecule has 6 heterocycles. The molecule has 14 atom stereocenters. The largest absolute Gasteiger partial charge is 0.458 e. The Morgan fingerprint density at radius 2 is 1.77 bits per heavy atom. The van der Waals surface area contributed by atoms with Crippen molar-refractivity contribution < 1.29 is 52.4 Å². The van der Waals surface area contributed by atoms with Gasteiger partial charge in [-0.25, -0.2) is 4.79 Å². The summed E-state index contributed by atoms with van der Waals surface area (Å²) in [6.07, 6.45) is -3.63. The van der Waals surface area contributed by atoms with Gasteiger partial charge in [0.15, 0.2) is 18.5 Å². The fourth-order valence-electron chi connectivity index (χ4n) is 10.5. The topological polar surface area (TPSA) is 189 Å². The lowest BCUT2D eigenvalue weighted by Crippen LogP contribution is -2.60. The summed E-state index contributed by atoms with van der Waals surface area (Å²) >= 11 is 0. The fraction of sp³-hybridized carbons (Fsp3) is 0.733. The molecule has 1 amide bonds. The minimum atomic E-state index is -1.15. The summed E-state index contributed by atoms with van der Waals surface area (Å²) in [5, 5.41) is 24.6. The molecule has 0 unspecified atom stereocenters. The molecule has 17 nitrogen and oxygen atoms in total. The molecule has 7 rings (SSSR count). The van der Waals surface area contributed by atoms with E-state index in [0.717, 1.165) is 16.8 Å². The molecule has 4 fully saturated rings. The van der Waals surface area contributed by atoms with Gasteiger partial charge >= 0.3 is 12.1 Å². The summed E-state index contributed by atoms with van der Waals surface area (Å²) < 4.78 is 45.7. The number of carbonyl (C=O) groups is 2.